The zero-order valence-corrected chi connectivity index (χ0v) is 85.9. The molecule has 755 valence electrons. The molecule has 30 nitrogen and oxygen atoms in total. The van der Waals surface area contributed by atoms with Crippen LogP contribution in [0.5, 0.6) is 23.0 Å². The molecule has 0 saturated carbocycles. The molecule has 32 heteroatoms. The van der Waals surface area contributed by atoms with E-state index in [0.717, 1.165) is 99.1 Å². The van der Waals surface area contributed by atoms with Crippen LogP contribution in [0, 0.1) is 148 Å². The van der Waals surface area contributed by atoms with Crippen molar-refractivity contribution in [2.24, 2.45) is 0 Å². The number of pyridine rings is 6. The van der Waals surface area contributed by atoms with Crippen molar-refractivity contribution in [2.75, 3.05) is 128 Å². The first-order chi connectivity index (χ1) is 69.8. The monoisotopic (exact) mass is 2120 g/mol. The van der Waals surface area contributed by atoms with E-state index in [9.17, 15) is 39.3 Å². The summed E-state index contributed by atoms with van der Waals surface area (Å²) in [7, 11) is 9.14. The predicted molar refractivity (Wildman–Crippen MR) is 549 cm³/mol. The number of ether oxygens (including phenoxy) is 7. The van der Waals surface area contributed by atoms with Crippen molar-refractivity contribution in [2.45, 2.75) is 80.3 Å². The number of carbonyl (C=O) groups excluding carboxylic acids is 4. The normalized spacial score (nSPS) is 13.0. The summed E-state index contributed by atoms with van der Waals surface area (Å²) in [5.41, 5.74) is 15.6. The van der Waals surface area contributed by atoms with Gasteiger partial charge in [-0.25, -0.2) is 55.5 Å². The number of methoxy groups -OCH3 is 6. The first-order valence-electron chi connectivity index (χ1n) is 46.3. The Bertz CT molecular complexity index is 6820. The fourth-order valence-corrected chi connectivity index (χ4v) is 15.3. The Balaban J connectivity index is 0.000000327. The number of esters is 2. The zero-order valence-electron chi connectivity index (χ0n) is 83.5. The van der Waals surface area contributed by atoms with Crippen molar-refractivity contribution in [3.8, 4) is 94.0 Å². The molecule has 3 saturated heterocycles. The van der Waals surface area contributed by atoms with Crippen molar-refractivity contribution < 1.29 is 156 Å². The van der Waals surface area contributed by atoms with Gasteiger partial charge in [0.1, 0.15) is 51.5 Å². The Morgan fingerprint density at radius 3 is 0.696 bits per heavy atom. The number of hydrogen-bond donors (Lipinski definition) is 3. The van der Waals surface area contributed by atoms with Crippen LogP contribution in [0.3, 0.4) is 0 Å². The molecule has 3 fully saturated rings. The van der Waals surface area contributed by atoms with E-state index < -0.39 is 29.8 Å². The summed E-state index contributed by atoms with van der Waals surface area (Å²) in [5, 5.41) is 30.1. The summed E-state index contributed by atoms with van der Waals surface area (Å²) >= 11 is 0. The molecule has 0 aliphatic carbocycles. The van der Waals surface area contributed by atoms with Crippen LogP contribution < -0.4 is 37.8 Å². The number of benzene rings is 6. The molecule has 3 aliphatic heterocycles. The Morgan fingerprint density at radius 1 is 0.311 bits per heavy atom. The van der Waals surface area contributed by atoms with Crippen molar-refractivity contribution in [3.63, 3.8) is 0 Å². The minimum Gasteiger partial charge on any atom is -0.870 e. The maximum absolute atomic E-state index is 12.9. The molecule has 12 aromatic rings. The molecule has 0 atom stereocenters. The largest absolute Gasteiger partial charge is 1.00 e. The van der Waals surface area contributed by atoms with E-state index in [-0.39, 0.29) is 116 Å². The van der Waals surface area contributed by atoms with Gasteiger partial charge in [0, 0.05) is 246 Å². The quantitative estimate of drug-likeness (QED) is 0.0260. The third-order valence-corrected chi connectivity index (χ3v) is 22.8. The van der Waals surface area contributed by atoms with E-state index in [2.05, 4.69) is 121 Å². The van der Waals surface area contributed by atoms with Crippen LogP contribution in [0.2, 0.25) is 0 Å². The van der Waals surface area contributed by atoms with Crippen LogP contribution in [-0.2, 0) is 63.1 Å². The van der Waals surface area contributed by atoms with Gasteiger partial charge in [0.05, 0.1) is 76.8 Å². The van der Waals surface area contributed by atoms with Crippen molar-refractivity contribution >= 4 is 36.0 Å². The number of carboxylic acid groups (broad SMARTS) is 3. The Morgan fingerprint density at radius 2 is 0.507 bits per heavy atom. The third-order valence-electron chi connectivity index (χ3n) is 22.8. The van der Waals surface area contributed by atoms with Crippen LogP contribution in [-0.4, -0.2) is 244 Å². The van der Waals surface area contributed by atoms with E-state index in [1.807, 2.05) is 167 Å². The van der Waals surface area contributed by atoms with Gasteiger partial charge in [-0.3, -0.25) is 34.4 Å². The van der Waals surface area contributed by atoms with E-state index in [1.165, 1.54) is 38.8 Å². The maximum Gasteiger partial charge on any atom is 1.00 e. The van der Waals surface area contributed by atoms with Crippen LogP contribution in [0.1, 0.15) is 190 Å². The molecule has 148 heavy (non-hydrogen) atoms. The molecule has 9 heterocycles. The zero-order chi connectivity index (χ0) is 102. The molecule has 6 aromatic heterocycles. The Labute approximate surface area is 916 Å². The number of carbonyl (C=O) groups is 5. The topological polar surface area (TPSA) is 372 Å². The van der Waals surface area contributed by atoms with Gasteiger partial charge in [0.15, 0.2) is 0 Å². The number of aromatic nitrogens is 6. The van der Waals surface area contributed by atoms with Crippen molar-refractivity contribution in [3.05, 3.63) is 371 Å². The average Bonchev–Trinajstić information content (AvgIpc) is 1.82. The Kier molecular flexibility index (Phi) is 49.5. The molecule has 1 radical (unpaired) electrons. The van der Waals surface area contributed by atoms with Crippen LogP contribution in [0.25, 0.3) is 0 Å². The smallest absolute Gasteiger partial charge is 0.870 e. The van der Waals surface area contributed by atoms with Crippen LogP contribution in [0.4, 0.5) is 0 Å². The summed E-state index contributed by atoms with van der Waals surface area (Å²) in [5.74, 6) is 36.5. The molecule has 0 bridgehead atoms. The van der Waals surface area contributed by atoms with Crippen LogP contribution >= 0.6 is 0 Å². The number of aryl methyl sites for hydroxylation is 3. The third kappa shape index (κ3) is 39.3. The summed E-state index contributed by atoms with van der Waals surface area (Å²) in [6, 6.07) is 66.5. The first kappa shape index (κ1) is 119. The molecule has 0 spiro atoms. The fourth-order valence-electron chi connectivity index (χ4n) is 15.3. The van der Waals surface area contributed by atoms with E-state index in [4.69, 9.17) is 57.7 Å². The standard InChI is InChI=1S/C56H54N6O6.C54H48N6O8.C4H7O.CO2.CH4.Eu.Li.H2O/c1-40-7-9-42(10-8-40)12-15-46-33-49(58-53(35-46)55(63)67-5)38-61-27-25-60(37-48-32-45(31-41(2)57-48)14-11-43-17-21-51(65-3)22-18-43)26-28-62(30-29-61)39-50-34-47(36-54(59-50)56(64)68-6)16-13-44-19-23-52(66-4)24-20-44;1-37-4-6-38(7-5-37)8-11-41-28-44(55-49(31-41)52(61)62)34-58-22-24-59(35-45-29-42(32-50(56-45)53(63)64)12-9-39-14-18-47(67-2)19-15-39)26-27-60(25-23-58)36-46-30-43(33-51(57-46)54(65)66)13-10-40-16-20-48(68-3)21-17-40;1-2-4-5-3-1;2-1-3;;;;/h7-10,17-24,31-36H,25-30,37-39H2,1-6H3;4-7,14-21,28-33H,22-27,34-36H2,1-3H3,(H,61,62)(H,63,64)(H,65,66);3H,1-2,4H2;;1H4;;;1H2/q;;-1;;;;+1;/p-1. The van der Waals surface area contributed by atoms with Gasteiger partial charge in [0.2, 0.25) is 0 Å². The molecule has 6 aromatic carbocycles. The number of rotatable bonds is 21. The molecular formula is C116H114EuLiN12O18-. The van der Waals surface area contributed by atoms with Gasteiger partial charge in [-0.15, -0.1) is 0 Å². The van der Waals surface area contributed by atoms with E-state index in [0.29, 0.717) is 173 Å². The minimum atomic E-state index is -1.18. The SMILES string of the molecule is C.COC(=O)c1cc(C#Cc2ccc(C)cc2)cc(CN2CCN(Cc3cc(C#Cc4ccc(OC)cc4)cc(C)n3)CCN(Cc3cc(C#Cc4ccc(OC)cc4)cc(C(=O)OC)n3)CC2)n1.COc1ccc(C#Cc2cc(CN3CCN(Cc4cc(C#Cc5ccc(C)cc5)cc(C(=O)O)n4)CCN(Cc4cc(C#Cc5ccc(OC)cc5)cc(C(=O)O)n4)CC3)nc(C(=O)O)c2)cc1.O=C=O.[CH-]1CCCO1.[Eu].[Li+].[OH-]. The van der Waals surface area contributed by atoms with Crippen molar-refractivity contribution in [1.29, 1.82) is 0 Å². The second kappa shape index (κ2) is 61.7. The van der Waals surface area contributed by atoms with Crippen molar-refractivity contribution in [1.82, 2.24) is 59.3 Å². The van der Waals surface area contributed by atoms with Gasteiger partial charge in [-0.1, -0.05) is 120 Å². The number of nitrogens with zero attached hydrogens (tertiary/aromatic N) is 12. The molecule has 4 N–H and O–H groups in total. The summed E-state index contributed by atoms with van der Waals surface area (Å²) < 4.78 is 36.2. The molecule has 0 amide bonds. The van der Waals surface area contributed by atoms with Gasteiger partial charge < -0.3 is 54.0 Å². The van der Waals surface area contributed by atoms with E-state index >= 15 is 0 Å². The molecule has 3 aliphatic rings. The molecule has 0 unspecified atom stereocenters. The number of aromatic carboxylic acids is 3. The van der Waals surface area contributed by atoms with Gasteiger partial charge >= 0.3 is 54.9 Å². The van der Waals surface area contributed by atoms with E-state index in [1.54, 1.807) is 83.0 Å². The first-order valence-corrected chi connectivity index (χ1v) is 46.3. The van der Waals surface area contributed by atoms with Crippen LogP contribution in [0.15, 0.2) is 218 Å². The summed E-state index contributed by atoms with van der Waals surface area (Å²) in [6.45, 7) is 18.7. The maximum atomic E-state index is 12.9. The second-order valence-electron chi connectivity index (χ2n) is 33.6. The minimum absolute atomic E-state index is 0. The van der Waals surface area contributed by atoms with Gasteiger partial charge in [0.25, 0.3) is 0 Å². The predicted octanol–water partition coefficient (Wildman–Crippen LogP) is 11.2. The van der Waals surface area contributed by atoms with Gasteiger partial charge in [-0.2, -0.15) is 16.0 Å². The number of carboxylic acids is 3. The molecule has 15 rings (SSSR count). The average molecular weight is 2120 g/mol. The molecular weight excluding hydrogens is 2010 g/mol. The summed E-state index contributed by atoms with van der Waals surface area (Å²) in [6.07, 6.45) is 2.62. The second-order valence-corrected chi connectivity index (χ2v) is 33.6. The number of hydrogen-bond acceptors (Lipinski definition) is 27. The fraction of sp³-hybridized carbons (Fsp3) is 0.267. The Hall–Kier alpha value is -14.6. The summed E-state index contributed by atoms with van der Waals surface area (Å²) in [4.78, 5) is 121. The van der Waals surface area contributed by atoms with Gasteiger partial charge in [-0.05, 0) is 215 Å².